The molecule has 2 aromatic rings. The summed E-state index contributed by atoms with van der Waals surface area (Å²) in [5.74, 6) is 1.19. The zero-order valence-corrected chi connectivity index (χ0v) is 17.2. The predicted molar refractivity (Wildman–Crippen MR) is 113 cm³/mol. The fraction of sp³-hybridized carbons (Fsp3) is 0.391. The summed E-state index contributed by atoms with van der Waals surface area (Å²) in [4.78, 5) is 25.9. The second-order valence-electron chi connectivity index (χ2n) is 8.02. The molecule has 1 aliphatic rings. The van der Waals surface area contributed by atoms with Crippen LogP contribution in [0.2, 0.25) is 0 Å². The lowest BCUT2D eigenvalue weighted by atomic mass is 9.87. The van der Waals surface area contributed by atoms with Gasteiger partial charge in [-0.1, -0.05) is 45.0 Å². The fourth-order valence-electron chi connectivity index (χ4n) is 3.11. The van der Waals surface area contributed by atoms with Gasteiger partial charge in [0.15, 0.2) is 6.61 Å². The molecule has 6 heteroatoms. The third kappa shape index (κ3) is 5.50. The van der Waals surface area contributed by atoms with Crippen molar-refractivity contribution in [3.8, 4) is 11.5 Å². The number of carbonyl (C=O) groups is 2. The Morgan fingerprint density at radius 1 is 1.14 bits per heavy atom. The van der Waals surface area contributed by atoms with Crippen LogP contribution in [0.5, 0.6) is 11.5 Å². The number of benzene rings is 2. The first-order valence-electron chi connectivity index (χ1n) is 9.87. The van der Waals surface area contributed by atoms with Crippen LogP contribution in [0.1, 0.15) is 32.8 Å². The van der Waals surface area contributed by atoms with Crippen LogP contribution in [0.25, 0.3) is 0 Å². The van der Waals surface area contributed by atoms with Crippen LogP contribution in [-0.4, -0.2) is 38.1 Å². The molecule has 1 heterocycles. The van der Waals surface area contributed by atoms with Gasteiger partial charge in [0.25, 0.3) is 5.91 Å². The topological polar surface area (TPSA) is 67.9 Å². The minimum atomic E-state index is -0.140. The van der Waals surface area contributed by atoms with Crippen LogP contribution in [0.4, 0.5) is 5.69 Å². The van der Waals surface area contributed by atoms with Gasteiger partial charge in [-0.3, -0.25) is 9.59 Å². The fourth-order valence-corrected chi connectivity index (χ4v) is 3.11. The lowest BCUT2D eigenvalue weighted by Crippen LogP contribution is -2.41. The van der Waals surface area contributed by atoms with E-state index in [0.717, 1.165) is 5.75 Å². The number of para-hydroxylation sites is 2. The highest BCUT2D eigenvalue weighted by Crippen LogP contribution is 2.31. The van der Waals surface area contributed by atoms with Gasteiger partial charge in [-0.15, -0.1) is 0 Å². The number of hydrogen-bond acceptors (Lipinski definition) is 4. The molecule has 0 radical (unpaired) electrons. The maximum Gasteiger partial charge on any atom is 0.265 e. The molecule has 154 valence electrons. The third-order valence-corrected chi connectivity index (χ3v) is 4.78. The van der Waals surface area contributed by atoms with Crippen LogP contribution >= 0.6 is 0 Å². The molecule has 0 saturated carbocycles. The predicted octanol–water partition coefficient (Wildman–Crippen LogP) is 3.29. The van der Waals surface area contributed by atoms with E-state index in [2.05, 4.69) is 38.2 Å². The first-order valence-corrected chi connectivity index (χ1v) is 9.87. The number of carbonyl (C=O) groups excluding carboxylic acids is 2. The van der Waals surface area contributed by atoms with Crippen molar-refractivity contribution in [3.05, 3.63) is 54.1 Å². The summed E-state index contributed by atoms with van der Waals surface area (Å²) >= 11 is 0. The van der Waals surface area contributed by atoms with Crippen molar-refractivity contribution in [1.82, 2.24) is 5.32 Å². The number of rotatable bonds is 7. The van der Waals surface area contributed by atoms with Crippen molar-refractivity contribution >= 4 is 17.5 Å². The molecular weight excluding hydrogens is 368 g/mol. The van der Waals surface area contributed by atoms with E-state index in [1.807, 2.05) is 36.4 Å². The van der Waals surface area contributed by atoms with Gasteiger partial charge in [0.05, 0.1) is 12.2 Å². The Morgan fingerprint density at radius 3 is 2.59 bits per heavy atom. The zero-order valence-electron chi connectivity index (χ0n) is 17.2. The van der Waals surface area contributed by atoms with Crippen LogP contribution in [0.15, 0.2) is 48.5 Å². The second-order valence-corrected chi connectivity index (χ2v) is 8.02. The minimum Gasteiger partial charge on any atom is -0.492 e. The maximum atomic E-state index is 12.1. The smallest absolute Gasteiger partial charge is 0.265 e. The average Bonchev–Trinajstić information content (AvgIpc) is 2.70. The number of ether oxygens (including phenoxy) is 2. The van der Waals surface area contributed by atoms with E-state index in [0.29, 0.717) is 31.1 Å². The monoisotopic (exact) mass is 396 g/mol. The first-order chi connectivity index (χ1) is 13.8. The molecule has 3 rings (SSSR count). The molecule has 29 heavy (non-hydrogen) atoms. The molecule has 6 nitrogen and oxygen atoms in total. The number of nitrogens with one attached hydrogen (secondary N) is 1. The van der Waals surface area contributed by atoms with Gasteiger partial charge in [0, 0.05) is 13.0 Å². The van der Waals surface area contributed by atoms with Crippen LogP contribution in [-0.2, 0) is 15.0 Å². The quantitative estimate of drug-likeness (QED) is 0.729. The van der Waals surface area contributed by atoms with Crippen molar-refractivity contribution in [3.63, 3.8) is 0 Å². The Labute approximate surface area is 171 Å². The Bertz CT molecular complexity index is 856. The Balaban J connectivity index is 1.40. The minimum absolute atomic E-state index is 0.000472. The summed E-state index contributed by atoms with van der Waals surface area (Å²) in [6, 6.07) is 15.4. The average molecular weight is 396 g/mol. The third-order valence-electron chi connectivity index (χ3n) is 4.78. The van der Waals surface area contributed by atoms with E-state index in [4.69, 9.17) is 9.47 Å². The van der Waals surface area contributed by atoms with E-state index in [1.165, 1.54) is 5.56 Å². The number of anilines is 1. The molecule has 1 aliphatic heterocycles. The van der Waals surface area contributed by atoms with Crippen LogP contribution in [0, 0.1) is 0 Å². The van der Waals surface area contributed by atoms with E-state index in [1.54, 1.807) is 4.90 Å². The zero-order chi connectivity index (χ0) is 20.9. The summed E-state index contributed by atoms with van der Waals surface area (Å²) in [6.45, 7) is 7.62. The number of fused-ring (bicyclic) bond motifs is 1. The lowest BCUT2D eigenvalue weighted by Gasteiger charge is -2.29. The van der Waals surface area contributed by atoms with Crippen molar-refractivity contribution in [2.45, 2.75) is 32.6 Å². The standard InChI is InChI=1S/C23H28N2O4/c1-23(2,3)17-8-10-18(11-9-17)28-15-13-24-21(26)12-14-25-19-6-4-5-7-20(19)29-16-22(25)27/h4-11H,12-16H2,1-3H3,(H,24,26). The van der Waals surface area contributed by atoms with E-state index in [-0.39, 0.29) is 30.3 Å². The van der Waals surface area contributed by atoms with Gasteiger partial charge in [0.2, 0.25) is 5.91 Å². The van der Waals surface area contributed by atoms with Crippen molar-refractivity contribution in [1.29, 1.82) is 0 Å². The first kappa shape index (κ1) is 20.7. The van der Waals surface area contributed by atoms with Gasteiger partial charge in [0.1, 0.15) is 18.1 Å². The highest BCUT2D eigenvalue weighted by atomic mass is 16.5. The normalized spacial score (nSPS) is 13.5. The molecule has 1 N–H and O–H groups in total. The molecule has 0 aromatic heterocycles. The molecule has 0 aliphatic carbocycles. The summed E-state index contributed by atoms with van der Waals surface area (Å²) in [5, 5.41) is 2.83. The van der Waals surface area contributed by atoms with Gasteiger partial charge >= 0.3 is 0 Å². The summed E-state index contributed by atoms with van der Waals surface area (Å²) in [5.41, 5.74) is 2.06. The van der Waals surface area contributed by atoms with Crippen molar-refractivity contribution < 1.29 is 19.1 Å². The van der Waals surface area contributed by atoms with Crippen LogP contribution in [0.3, 0.4) is 0 Å². The molecular formula is C23H28N2O4. The summed E-state index contributed by atoms with van der Waals surface area (Å²) in [6.07, 6.45) is 0.223. The molecule has 0 bridgehead atoms. The molecule has 0 saturated heterocycles. The number of amides is 2. The Hall–Kier alpha value is -3.02. The van der Waals surface area contributed by atoms with Gasteiger partial charge in [-0.25, -0.2) is 0 Å². The van der Waals surface area contributed by atoms with Crippen LogP contribution < -0.4 is 19.7 Å². The van der Waals surface area contributed by atoms with Crippen molar-refractivity contribution in [2.75, 3.05) is 31.2 Å². The second kappa shape index (κ2) is 8.99. The molecule has 2 amide bonds. The van der Waals surface area contributed by atoms with E-state index < -0.39 is 0 Å². The number of hydrogen-bond donors (Lipinski definition) is 1. The molecule has 0 unspecified atom stereocenters. The molecule has 0 atom stereocenters. The van der Waals surface area contributed by atoms with Gasteiger partial charge < -0.3 is 19.7 Å². The van der Waals surface area contributed by atoms with E-state index >= 15 is 0 Å². The lowest BCUT2D eigenvalue weighted by molar-refractivity contribution is -0.122. The molecule has 2 aromatic carbocycles. The Kier molecular flexibility index (Phi) is 6.42. The number of nitrogens with zero attached hydrogens (tertiary/aromatic N) is 1. The highest BCUT2D eigenvalue weighted by molar-refractivity contribution is 5.98. The Morgan fingerprint density at radius 2 is 1.86 bits per heavy atom. The SMILES string of the molecule is CC(C)(C)c1ccc(OCCNC(=O)CCN2C(=O)COc3ccccc32)cc1. The van der Waals surface area contributed by atoms with E-state index in [9.17, 15) is 9.59 Å². The molecule has 0 fully saturated rings. The highest BCUT2D eigenvalue weighted by Gasteiger charge is 2.25. The van der Waals surface area contributed by atoms with Gasteiger partial charge in [-0.2, -0.15) is 0 Å². The van der Waals surface area contributed by atoms with Crippen molar-refractivity contribution in [2.24, 2.45) is 0 Å². The van der Waals surface area contributed by atoms with Gasteiger partial charge in [-0.05, 0) is 35.2 Å². The molecule has 0 spiro atoms. The summed E-state index contributed by atoms with van der Waals surface area (Å²) in [7, 11) is 0. The summed E-state index contributed by atoms with van der Waals surface area (Å²) < 4.78 is 11.1. The largest absolute Gasteiger partial charge is 0.492 e. The maximum absolute atomic E-state index is 12.1.